The van der Waals surface area contributed by atoms with Crippen LogP contribution in [0.2, 0.25) is 0 Å². The van der Waals surface area contributed by atoms with E-state index in [1.807, 2.05) is 13.0 Å². The Bertz CT molecular complexity index is 584. The lowest BCUT2D eigenvalue weighted by Crippen LogP contribution is -2.41. The summed E-state index contributed by atoms with van der Waals surface area (Å²) in [4.78, 5) is 30.3. The zero-order valence-corrected chi connectivity index (χ0v) is 13.5. The number of hydrogen-bond donors (Lipinski definition) is 1. The van der Waals surface area contributed by atoms with Crippen LogP contribution in [-0.4, -0.2) is 33.8 Å². The molecule has 6 heteroatoms. The number of pyridine rings is 1. The number of rotatable bonds is 3. The number of anilines is 1. The summed E-state index contributed by atoms with van der Waals surface area (Å²) < 4.78 is 0.925. The van der Waals surface area contributed by atoms with Crippen molar-refractivity contribution in [2.24, 2.45) is 0 Å². The average molecular weight is 352 g/mol. The highest BCUT2D eigenvalue weighted by molar-refractivity contribution is 9.10. The molecule has 1 aliphatic carbocycles. The number of halogens is 1. The van der Waals surface area contributed by atoms with Gasteiger partial charge in [-0.2, -0.15) is 0 Å². The molecule has 2 amide bonds. The van der Waals surface area contributed by atoms with Gasteiger partial charge in [-0.25, -0.2) is 4.98 Å². The Labute approximate surface area is 132 Å². The maximum absolute atomic E-state index is 12.5. The highest BCUT2D eigenvalue weighted by atomic mass is 79.9. The Balaban J connectivity index is 1.73. The van der Waals surface area contributed by atoms with Crippen molar-refractivity contribution in [3.63, 3.8) is 0 Å². The minimum atomic E-state index is -0.480. The standard InChI is InChI=1S/C15H18BrN3O2/c1-9-6-13(17-8-11(9)16)18-12-7-14(20)19(15(12)21)10-4-2-3-5-10/h6,8,10,12H,2-5,7H2,1H3,(H,17,18). The highest BCUT2D eigenvalue weighted by Gasteiger charge is 2.43. The first kappa shape index (κ1) is 14.5. The average Bonchev–Trinajstić information content (AvgIpc) is 3.04. The molecule has 1 unspecified atom stereocenters. The van der Waals surface area contributed by atoms with Crippen molar-refractivity contribution in [2.75, 3.05) is 5.32 Å². The second kappa shape index (κ2) is 5.75. The van der Waals surface area contributed by atoms with Gasteiger partial charge in [-0.05, 0) is 47.3 Å². The monoisotopic (exact) mass is 351 g/mol. The Morgan fingerprint density at radius 3 is 2.71 bits per heavy atom. The Hall–Kier alpha value is -1.43. The third-order valence-corrected chi connectivity index (χ3v) is 5.07. The van der Waals surface area contributed by atoms with Gasteiger partial charge in [-0.3, -0.25) is 14.5 Å². The van der Waals surface area contributed by atoms with E-state index in [0.29, 0.717) is 5.82 Å². The van der Waals surface area contributed by atoms with Crippen molar-refractivity contribution >= 4 is 33.6 Å². The number of nitrogens with one attached hydrogen (secondary N) is 1. The van der Waals surface area contributed by atoms with Crippen LogP contribution in [0.5, 0.6) is 0 Å². The molecule has 5 nitrogen and oxygen atoms in total. The molecular weight excluding hydrogens is 334 g/mol. The van der Waals surface area contributed by atoms with Crippen LogP contribution < -0.4 is 5.32 Å². The molecule has 3 rings (SSSR count). The first-order valence-electron chi connectivity index (χ1n) is 7.31. The summed E-state index contributed by atoms with van der Waals surface area (Å²) in [5.41, 5.74) is 1.04. The lowest BCUT2D eigenvalue weighted by molar-refractivity contribution is -0.141. The van der Waals surface area contributed by atoms with E-state index in [4.69, 9.17) is 0 Å². The highest BCUT2D eigenvalue weighted by Crippen LogP contribution is 2.29. The van der Waals surface area contributed by atoms with Gasteiger partial charge in [0.15, 0.2) is 0 Å². The van der Waals surface area contributed by atoms with Gasteiger partial charge >= 0.3 is 0 Å². The summed E-state index contributed by atoms with van der Waals surface area (Å²) in [6.07, 6.45) is 6.03. The molecular formula is C15H18BrN3O2. The Morgan fingerprint density at radius 1 is 1.33 bits per heavy atom. The third kappa shape index (κ3) is 2.81. The number of hydrogen-bond acceptors (Lipinski definition) is 4. The van der Waals surface area contributed by atoms with E-state index in [1.54, 1.807) is 6.20 Å². The van der Waals surface area contributed by atoms with Gasteiger partial charge in [0.25, 0.3) is 5.91 Å². The maximum atomic E-state index is 12.5. The van der Waals surface area contributed by atoms with Crippen LogP contribution in [-0.2, 0) is 9.59 Å². The molecule has 2 aliphatic rings. The maximum Gasteiger partial charge on any atom is 0.252 e. The molecule has 0 spiro atoms. The van der Waals surface area contributed by atoms with Gasteiger partial charge < -0.3 is 5.32 Å². The van der Waals surface area contributed by atoms with E-state index < -0.39 is 6.04 Å². The van der Waals surface area contributed by atoms with Crippen LogP contribution in [0.25, 0.3) is 0 Å². The summed E-state index contributed by atoms with van der Waals surface area (Å²) in [6.45, 7) is 1.96. The van der Waals surface area contributed by atoms with Gasteiger partial charge in [-0.15, -0.1) is 0 Å². The third-order valence-electron chi connectivity index (χ3n) is 4.24. The summed E-state index contributed by atoms with van der Waals surface area (Å²) >= 11 is 3.40. The molecule has 112 valence electrons. The van der Waals surface area contributed by atoms with Crippen LogP contribution in [0.15, 0.2) is 16.7 Å². The van der Waals surface area contributed by atoms with Gasteiger partial charge in [0.2, 0.25) is 5.91 Å². The first-order valence-corrected chi connectivity index (χ1v) is 8.10. The van der Waals surface area contributed by atoms with Crippen LogP contribution >= 0.6 is 15.9 Å². The van der Waals surface area contributed by atoms with Crippen molar-refractivity contribution in [1.82, 2.24) is 9.88 Å². The molecule has 1 saturated heterocycles. The van der Waals surface area contributed by atoms with Gasteiger partial charge in [-0.1, -0.05) is 12.8 Å². The summed E-state index contributed by atoms with van der Waals surface area (Å²) in [5, 5.41) is 3.10. The fourth-order valence-electron chi connectivity index (χ4n) is 3.11. The van der Waals surface area contributed by atoms with Gasteiger partial charge in [0.05, 0.1) is 6.42 Å². The molecule has 1 saturated carbocycles. The predicted molar refractivity (Wildman–Crippen MR) is 82.8 cm³/mol. The lowest BCUT2D eigenvalue weighted by Gasteiger charge is -2.22. The second-order valence-corrected chi connectivity index (χ2v) is 6.61. The predicted octanol–water partition coefficient (Wildman–Crippen LogP) is 2.63. The summed E-state index contributed by atoms with van der Waals surface area (Å²) in [6, 6.07) is 1.50. The quantitative estimate of drug-likeness (QED) is 0.850. The van der Waals surface area contributed by atoms with E-state index in [1.165, 1.54) is 4.90 Å². The summed E-state index contributed by atoms with van der Waals surface area (Å²) in [5.74, 6) is 0.475. The number of nitrogens with zero attached hydrogens (tertiary/aromatic N) is 2. The SMILES string of the molecule is Cc1cc(NC2CC(=O)N(C3CCCC3)C2=O)ncc1Br. The summed E-state index contributed by atoms with van der Waals surface area (Å²) in [7, 11) is 0. The molecule has 0 bridgehead atoms. The van der Waals surface area contributed by atoms with E-state index in [0.717, 1.165) is 35.7 Å². The Kier molecular flexibility index (Phi) is 3.97. The molecule has 1 aliphatic heterocycles. The molecule has 1 atom stereocenters. The van der Waals surface area contributed by atoms with E-state index in [2.05, 4.69) is 26.2 Å². The van der Waals surface area contributed by atoms with E-state index >= 15 is 0 Å². The number of aromatic nitrogens is 1. The number of carbonyl (C=O) groups is 2. The van der Waals surface area contributed by atoms with E-state index in [-0.39, 0.29) is 24.3 Å². The van der Waals surface area contributed by atoms with Crippen LogP contribution in [0.1, 0.15) is 37.7 Å². The second-order valence-electron chi connectivity index (χ2n) is 5.76. The van der Waals surface area contributed by atoms with Crippen molar-refractivity contribution in [2.45, 2.75) is 51.1 Å². The van der Waals surface area contributed by atoms with E-state index in [9.17, 15) is 9.59 Å². The van der Waals surface area contributed by atoms with Crippen LogP contribution in [0.3, 0.4) is 0 Å². The number of amides is 2. The van der Waals surface area contributed by atoms with Crippen molar-refractivity contribution in [3.8, 4) is 0 Å². The topological polar surface area (TPSA) is 62.3 Å². The fourth-order valence-corrected chi connectivity index (χ4v) is 3.32. The molecule has 2 heterocycles. The number of likely N-dealkylation sites (tertiary alicyclic amines) is 1. The Morgan fingerprint density at radius 2 is 2.05 bits per heavy atom. The lowest BCUT2D eigenvalue weighted by atomic mass is 10.2. The smallest absolute Gasteiger partial charge is 0.252 e. The molecule has 0 radical (unpaired) electrons. The van der Waals surface area contributed by atoms with Crippen molar-refractivity contribution < 1.29 is 9.59 Å². The van der Waals surface area contributed by atoms with Gasteiger partial charge in [0, 0.05) is 16.7 Å². The number of aryl methyl sites for hydroxylation is 1. The van der Waals surface area contributed by atoms with Crippen molar-refractivity contribution in [3.05, 3.63) is 22.3 Å². The zero-order chi connectivity index (χ0) is 15.0. The normalized spacial score (nSPS) is 23.1. The molecule has 21 heavy (non-hydrogen) atoms. The van der Waals surface area contributed by atoms with Gasteiger partial charge in [0.1, 0.15) is 11.9 Å². The molecule has 1 aromatic heterocycles. The number of carbonyl (C=O) groups excluding carboxylic acids is 2. The fraction of sp³-hybridized carbons (Fsp3) is 0.533. The molecule has 2 fully saturated rings. The molecule has 1 N–H and O–H groups in total. The zero-order valence-electron chi connectivity index (χ0n) is 11.9. The molecule has 0 aromatic carbocycles. The minimum Gasteiger partial charge on any atom is -0.358 e. The number of imide groups is 1. The molecule has 1 aromatic rings. The van der Waals surface area contributed by atoms with Crippen LogP contribution in [0.4, 0.5) is 5.82 Å². The minimum absolute atomic E-state index is 0.0572. The van der Waals surface area contributed by atoms with Crippen LogP contribution in [0, 0.1) is 6.92 Å². The van der Waals surface area contributed by atoms with Crippen molar-refractivity contribution in [1.29, 1.82) is 0 Å². The first-order chi connectivity index (χ1) is 10.1. The largest absolute Gasteiger partial charge is 0.358 e.